The fraction of sp³-hybridized carbons (Fsp3) is 0.533. The lowest BCUT2D eigenvalue weighted by Gasteiger charge is -2.22. The van der Waals surface area contributed by atoms with Crippen molar-refractivity contribution < 1.29 is 28.9 Å². The molecule has 7 heteroatoms. The summed E-state index contributed by atoms with van der Waals surface area (Å²) in [6.45, 7) is 4.87. The van der Waals surface area contributed by atoms with Crippen LogP contribution in [0, 0.1) is 12.8 Å². The standard InChI is InChI=1S/C29H39NO4.CH2O2/c1-4-33-28-18-22(17-27(32-3)20(28)2)26-15-14-24(30-29(31)21-10-6-5-7-11-21)16-23(26)19-34-25-12-8-9-13-25;2-1-3/h14-18,21,25H,4-13,19H2,1-3H3,(H,30,31);1H,(H,2,3). The summed E-state index contributed by atoms with van der Waals surface area (Å²) in [5, 5.41) is 10.1. The first kappa shape index (κ1) is 28.5. The van der Waals surface area contributed by atoms with Crippen LogP contribution in [-0.4, -0.2) is 37.3 Å². The van der Waals surface area contributed by atoms with Gasteiger partial charge in [0.15, 0.2) is 0 Å². The van der Waals surface area contributed by atoms with E-state index in [-0.39, 0.29) is 18.3 Å². The Balaban J connectivity index is 0.00000121. The summed E-state index contributed by atoms with van der Waals surface area (Å²) in [6.07, 6.45) is 10.6. The summed E-state index contributed by atoms with van der Waals surface area (Å²) in [7, 11) is 1.69. The lowest BCUT2D eigenvalue weighted by atomic mass is 9.88. The number of hydrogen-bond donors (Lipinski definition) is 2. The zero-order chi connectivity index (χ0) is 26.6. The number of hydrogen-bond acceptors (Lipinski definition) is 5. The van der Waals surface area contributed by atoms with Crippen molar-refractivity contribution in [3.05, 3.63) is 41.5 Å². The molecule has 2 fully saturated rings. The van der Waals surface area contributed by atoms with Gasteiger partial charge in [0.2, 0.25) is 5.91 Å². The molecule has 2 N–H and O–H groups in total. The molecule has 2 saturated carbocycles. The lowest BCUT2D eigenvalue weighted by molar-refractivity contribution is -0.123. The minimum absolute atomic E-state index is 0.127. The Morgan fingerprint density at radius 1 is 1.03 bits per heavy atom. The second-order valence-corrected chi connectivity index (χ2v) is 9.75. The summed E-state index contributed by atoms with van der Waals surface area (Å²) in [5.41, 5.74) is 5.01. The van der Waals surface area contributed by atoms with E-state index in [0.717, 1.165) is 78.0 Å². The fourth-order valence-corrected chi connectivity index (χ4v) is 5.28. The SMILES string of the molecule is CCOc1cc(-c2ccc(NC(=O)C3CCCCC3)cc2COC2CCCC2)cc(OC)c1C.O=CO. The highest BCUT2D eigenvalue weighted by Crippen LogP contribution is 2.37. The second kappa shape index (κ2) is 14.6. The third-order valence-corrected chi connectivity index (χ3v) is 7.27. The lowest BCUT2D eigenvalue weighted by Crippen LogP contribution is -2.24. The molecule has 2 aromatic rings. The number of amides is 1. The predicted octanol–water partition coefficient (Wildman–Crippen LogP) is 6.75. The maximum Gasteiger partial charge on any atom is 0.290 e. The molecule has 0 heterocycles. The number of anilines is 1. The summed E-state index contributed by atoms with van der Waals surface area (Å²) >= 11 is 0. The van der Waals surface area contributed by atoms with Gasteiger partial charge in [-0.3, -0.25) is 9.59 Å². The van der Waals surface area contributed by atoms with Gasteiger partial charge in [0.25, 0.3) is 6.47 Å². The zero-order valence-electron chi connectivity index (χ0n) is 22.4. The first-order chi connectivity index (χ1) is 18.0. The van der Waals surface area contributed by atoms with Crippen molar-refractivity contribution in [2.75, 3.05) is 19.0 Å². The summed E-state index contributed by atoms with van der Waals surface area (Å²) in [4.78, 5) is 21.2. The smallest absolute Gasteiger partial charge is 0.290 e. The van der Waals surface area contributed by atoms with Crippen LogP contribution in [0.2, 0.25) is 0 Å². The van der Waals surface area contributed by atoms with Crippen molar-refractivity contribution in [3.8, 4) is 22.6 Å². The van der Waals surface area contributed by atoms with Crippen LogP contribution in [0.3, 0.4) is 0 Å². The molecule has 0 atom stereocenters. The molecule has 0 aliphatic heterocycles. The van der Waals surface area contributed by atoms with E-state index < -0.39 is 0 Å². The second-order valence-electron chi connectivity index (χ2n) is 9.75. The molecule has 2 aromatic carbocycles. The number of carbonyl (C=O) groups excluding carboxylic acids is 1. The zero-order valence-corrected chi connectivity index (χ0v) is 22.4. The quantitative estimate of drug-likeness (QED) is 0.362. The Morgan fingerprint density at radius 2 is 1.68 bits per heavy atom. The van der Waals surface area contributed by atoms with Gasteiger partial charge in [-0.25, -0.2) is 0 Å². The van der Waals surface area contributed by atoms with Crippen molar-refractivity contribution in [3.63, 3.8) is 0 Å². The van der Waals surface area contributed by atoms with Gasteiger partial charge in [-0.05, 0) is 80.5 Å². The molecule has 202 valence electrons. The highest BCUT2D eigenvalue weighted by atomic mass is 16.5. The topological polar surface area (TPSA) is 94.1 Å². The van der Waals surface area contributed by atoms with Crippen LogP contribution in [0.1, 0.15) is 75.8 Å². The Hall–Kier alpha value is -3.06. The number of carboxylic acid groups (broad SMARTS) is 1. The van der Waals surface area contributed by atoms with Crippen LogP contribution in [0.4, 0.5) is 5.69 Å². The Kier molecular flexibility index (Phi) is 11.3. The largest absolute Gasteiger partial charge is 0.496 e. The normalized spacial score (nSPS) is 16.0. The summed E-state index contributed by atoms with van der Waals surface area (Å²) in [6, 6.07) is 10.3. The first-order valence-electron chi connectivity index (χ1n) is 13.5. The van der Waals surface area contributed by atoms with Crippen LogP contribution in [0.15, 0.2) is 30.3 Å². The fourth-order valence-electron chi connectivity index (χ4n) is 5.28. The third-order valence-electron chi connectivity index (χ3n) is 7.27. The summed E-state index contributed by atoms with van der Waals surface area (Å²) < 4.78 is 17.9. The van der Waals surface area contributed by atoms with E-state index in [9.17, 15) is 4.79 Å². The number of rotatable bonds is 9. The van der Waals surface area contributed by atoms with E-state index in [4.69, 9.17) is 24.1 Å². The van der Waals surface area contributed by atoms with Crippen LogP contribution >= 0.6 is 0 Å². The van der Waals surface area contributed by atoms with Crippen LogP contribution in [0.25, 0.3) is 11.1 Å². The molecule has 0 radical (unpaired) electrons. The molecule has 0 bridgehead atoms. The van der Waals surface area contributed by atoms with Gasteiger partial charge in [-0.15, -0.1) is 0 Å². The highest BCUT2D eigenvalue weighted by Gasteiger charge is 2.22. The van der Waals surface area contributed by atoms with Crippen molar-refractivity contribution in [2.24, 2.45) is 5.92 Å². The van der Waals surface area contributed by atoms with E-state index in [1.54, 1.807) is 7.11 Å². The van der Waals surface area contributed by atoms with Gasteiger partial charge >= 0.3 is 0 Å². The molecular weight excluding hydrogens is 470 g/mol. The predicted molar refractivity (Wildman–Crippen MR) is 145 cm³/mol. The Labute approximate surface area is 220 Å². The van der Waals surface area contributed by atoms with Crippen molar-refractivity contribution in [1.29, 1.82) is 0 Å². The van der Waals surface area contributed by atoms with Gasteiger partial charge in [0.05, 0.1) is 26.4 Å². The van der Waals surface area contributed by atoms with Gasteiger partial charge in [-0.2, -0.15) is 0 Å². The molecule has 4 rings (SSSR count). The number of benzene rings is 2. The van der Waals surface area contributed by atoms with Gasteiger partial charge in [0.1, 0.15) is 11.5 Å². The molecule has 0 saturated heterocycles. The van der Waals surface area contributed by atoms with Gasteiger partial charge in [0, 0.05) is 17.2 Å². The van der Waals surface area contributed by atoms with Crippen LogP contribution < -0.4 is 14.8 Å². The molecule has 2 aliphatic rings. The van der Waals surface area contributed by atoms with E-state index in [2.05, 4.69) is 29.6 Å². The van der Waals surface area contributed by atoms with Gasteiger partial charge < -0.3 is 24.6 Å². The first-order valence-corrected chi connectivity index (χ1v) is 13.5. The number of methoxy groups -OCH3 is 1. The highest BCUT2D eigenvalue weighted by molar-refractivity contribution is 5.93. The van der Waals surface area contributed by atoms with Crippen LogP contribution in [-0.2, 0) is 20.9 Å². The maximum atomic E-state index is 12.9. The molecule has 7 nitrogen and oxygen atoms in total. The molecule has 37 heavy (non-hydrogen) atoms. The van der Waals surface area contributed by atoms with Crippen molar-refractivity contribution in [2.45, 2.75) is 84.3 Å². The van der Waals surface area contributed by atoms with Gasteiger partial charge in [-0.1, -0.05) is 38.2 Å². The van der Waals surface area contributed by atoms with Crippen LogP contribution in [0.5, 0.6) is 11.5 Å². The summed E-state index contributed by atoms with van der Waals surface area (Å²) in [5.74, 6) is 1.90. The van der Waals surface area contributed by atoms with E-state index >= 15 is 0 Å². The molecule has 0 spiro atoms. The monoisotopic (exact) mass is 511 g/mol. The molecule has 2 aliphatic carbocycles. The van der Waals surface area contributed by atoms with Crippen molar-refractivity contribution >= 4 is 18.1 Å². The molecular formula is C30H41NO6. The number of carbonyl (C=O) groups is 2. The Bertz CT molecular complexity index is 1020. The molecule has 0 unspecified atom stereocenters. The maximum absolute atomic E-state index is 12.9. The minimum Gasteiger partial charge on any atom is -0.496 e. The van der Waals surface area contributed by atoms with Crippen molar-refractivity contribution in [1.82, 2.24) is 0 Å². The van der Waals surface area contributed by atoms with E-state index in [0.29, 0.717) is 19.3 Å². The average molecular weight is 512 g/mol. The molecule has 1 amide bonds. The average Bonchev–Trinajstić information content (AvgIpc) is 3.44. The van der Waals surface area contributed by atoms with E-state index in [1.807, 2.05) is 19.9 Å². The third kappa shape index (κ3) is 7.96. The minimum atomic E-state index is -0.250. The Morgan fingerprint density at radius 3 is 2.32 bits per heavy atom. The number of ether oxygens (including phenoxy) is 3. The number of nitrogens with one attached hydrogen (secondary N) is 1. The van der Waals surface area contributed by atoms with E-state index in [1.165, 1.54) is 19.3 Å². The molecule has 0 aromatic heterocycles.